The molecule has 2 saturated carbocycles. The first kappa shape index (κ1) is 7.56. The second-order valence-corrected chi connectivity index (χ2v) is 4.62. The Balaban J connectivity index is 1.93. The molecule has 2 fully saturated rings. The predicted molar refractivity (Wildman–Crippen MR) is 46.1 cm³/mol. The molecule has 2 aliphatic carbocycles. The molecule has 0 aliphatic heterocycles. The van der Waals surface area contributed by atoms with Gasteiger partial charge in [0.05, 0.1) is 0 Å². The highest BCUT2D eigenvalue weighted by Gasteiger charge is 2.55. The van der Waals surface area contributed by atoms with Crippen molar-refractivity contribution >= 4 is 0 Å². The fourth-order valence-corrected chi connectivity index (χ4v) is 2.94. The Labute approximate surface area is 68.3 Å². The number of hydrogen-bond acceptors (Lipinski definition) is 2. The number of hydrogen-bond donors (Lipinski definition) is 2. The van der Waals surface area contributed by atoms with E-state index < -0.39 is 0 Å². The van der Waals surface area contributed by atoms with E-state index >= 15 is 0 Å². The van der Waals surface area contributed by atoms with Crippen molar-refractivity contribution in [2.24, 2.45) is 22.3 Å². The summed E-state index contributed by atoms with van der Waals surface area (Å²) in [7, 11) is 0. The Kier molecular flexibility index (Phi) is 1.52. The smallest absolute Gasteiger partial charge is 0.000803 e. The van der Waals surface area contributed by atoms with Crippen LogP contribution < -0.4 is 11.5 Å². The van der Waals surface area contributed by atoms with Crippen LogP contribution in [0.15, 0.2) is 0 Å². The first-order valence-electron chi connectivity index (χ1n) is 4.64. The minimum absolute atomic E-state index is 0.348. The lowest BCUT2D eigenvalue weighted by Crippen LogP contribution is -2.57. The maximum absolute atomic E-state index is 5.70. The molecule has 2 rings (SSSR count). The van der Waals surface area contributed by atoms with E-state index in [0.717, 1.165) is 18.5 Å². The van der Waals surface area contributed by atoms with Crippen LogP contribution in [0.4, 0.5) is 0 Å². The molecular weight excluding hydrogens is 136 g/mol. The van der Waals surface area contributed by atoms with Gasteiger partial charge in [-0.2, -0.15) is 0 Å². The standard InChI is InChI=1S/C9H18N2/c10-6-9(7-11)4-8(5-9)2-1-3-8/h1-7,10-11H2. The van der Waals surface area contributed by atoms with Crippen LogP contribution in [0.25, 0.3) is 0 Å². The Morgan fingerprint density at radius 3 is 1.82 bits per heavy atom. The molecule has 2 nitrogen and oxygen atoms in total. The Bertz CT molecular complexity index is 147. The summed E-state index contributed by atoms with van der Waals surface area (Å²) < 4.78 is 0. The van der Waals surface area contributed by atoms with E-state index in [-0.39, 0.29) is 0 Å². The lowest BCUT2D eigenvalue weighted by Gasteiger charge is -2.61. The van der Waals surface area contributed by atoms with Crippen LogP contribution in [0.5, 0.6) is 0 Å². The summed E-state index contributed by atoms with van der Waals surface area (Å²) in [6.07, 6.45) is 6.94. The van der Waals surface area contributed by atoms with Crippen molar-refractivity contribution in [3.63, 3.8) is 0 Å². The summed E-state index contributed by atoms with van der Waals surface area (Å²) in [4.78, 5) is 0. The topological polar surface area (TPSA) is 52.0 Å². The molecule has 0 radical (unpaired) electrons. The monoisotopic (exact) mass is 154 g/mol. The van der Waals surface area contributed by atoms with Crippen molar-refractivity contribution in [2.75, 3.05) is 13.1 Å². The Morgan fingerprint density at radius 2 is 1.55 bits per heavy atom. The lowest BCUT2D eigenvalue weighted by atomic mass is 9.45. The van der Waals surface area contributed by atoms with Crippen LogP contribution in [0.2, 0.25) is 0 Å². The van der Waals surface area contributed by atoms with Gasteiger partial charge in [0.1, 0.15) is 0 Å². The molecule has 11 heavy (non-hydrogen) atoms. The third-order valence-corrected chi connectivity index (χ3v) is 3.78. The zero-order valence-electron chi connectivity index (χ0n) is 7.10. The van der Waals surface area contributed by atoms with Gasteiger partial charge in [0.15, 0.2) is 0 Å². The van der Waals surface area contributed by atoms with Crippen LogP contribution in [0.3, 0.4) is 0 Å². The molecular formula is C9H18N2. The van der Waals surface area contributed by atoms with Gasteiger partial charge in [-0.05, 0) is 49.6 Å². The van der Waals surface area contributed by atoms with Crippen molar-refractivity contribution in [1.82, 2.24) is 0 Å². The number of nitrogens with two attached hydrogens (primary N) is 2. The quantitative estimate of drug-likeness (QED) is 0.619. The van der Waals surface area contributed by atoms with E-state index in [1.165, 1.54) is 32.1 Å². The van der Waals surface area contributed by atoms with Gasteiger partial charge in [0.2, 0.25) is 0 Å². The zero-order chi connectivity index (χ0) is 7.95. The second-order valence-electron chi connectivity index (χ2n) is 4.62. The highest BCUT2D eigenvalue weighted by Crippen LogP contribution is 2.63. The van der Waals surface area contributed by atoms with Gasteiger partial charge in [0, 0.05) is 0 Å². The summed E-state index contributed by atoms with van der Waals surface area (Å²) in [6.45, 7) is 1.59. The maximum atomic E-state index is 5.70. The third-order valence-electron chi connectivity index (χ3n) is 3.78. The molecule has 0 unspecified atom stereocenters. The second kappa shape index (κ2) is 2.20. The SMILES string of the molecule is NCC1(CN)CC2(CCC2)C1. The van der Waals surface area contributed by atoms with Crippen LogP contribution >= 0.6 is 0 Å². The molecule has 0 aromatic carbocycles. The minimum Gasteiger partial charge on any atom is -0.330 e. The average molecular weight is 154 g/mol. The third kappa shape index (κ3) is 0.926. The van der Waals surface area contributed by atoms with Gasteiger partial charge >= 0.3 is 0 Å². The average Bonchev–Trinajstić information content (AvgIpc) is 1.85. The van der Waals surface area contributed by atoms with E-state index in [9.17, 15) is 0 Å². The molecule has 2 heteroatoms. The van der Waals surface area contributed by atoms with Crippen molar-refractivity contribution in [3.05, 3.63) is 0 Å². The molecule has 0 bridgehead atoms. The summed E-state index contributed by atoms with van der Waals surface area (Å²) in [5.74, 6) is 0. The van der Waals surface area contributed by atoms with E-state index in [1.54, 1.807) is 0 Å². The molecule has 0 heterocycles. The first-order valence-corrected chi connectivity index (χ1v) is 4.64. The van der Waals surface area contributed by atoms with Crippen LogP contribution in [0.1, 0.15) is 32.1 Å². The van der Waals surface area contributed by atoms with Crippen LogP contribution in [-0.2, 0) is 0 Å². The highest BCUT2D eigenvalue weighted by atomic mass is 14.7. The maximum Gasteiger partial charge on any atom is -0.000803 e. The summed E-state index contributed by atoms with van der Waals surface area (Å²) in [5.41, 5.74) is 12.5. The van der Waals surface area contributed by atoms with Gasteiger partial charge in [-0.1, -0.05) is 6.42 Å². The van der Waals surface area contributed by atoms with Crippen molar-refractivity contribution in [2.45, 2.75) is 32.1 Å². The highest BCUT2D eigenvalue weighted by molar-refractivity contribution is 5.07. The minimum atomic E-state index is 0.348. The van der Waals surface area contributed by atoms with Gasteiger partial charge in [0.25, 0.3) is 0 Å². The molecule has 0 saturated heterocycles. The predicted octanol–water partition coefficient (Wildman–Crippen LogP) is 0.854. The van der Waals surface area contributed by atoms with Crippen molar-refractivity contribution in [3.8, 4) is 0 Å². The van der Waals surface area contributed by atoms with Gasteiger partial charge < -0.3 is 11.5 Å². The summed E-state index contributed by atoms with van der Waals surface area (Å²) >= 11 is 0. The van der Waals surface area contributed by atoms with Gasteiger partial charge in [-0.15, -0.1) is 0 Å². The fourth-order valence-electron chi connectivity index (χ4n) is 2.94. The molecule has 64 valence electrons. The molecule has 4 N–H and O–H groups in total. The zero-order valence-corrected chi connectivity index (χ0v) is 7.10. The molecule has 0 atom stereocenters. The van der Waals surface area contributed by atoms with E-state index in [4.69, 9.17) is 11.5 Å². The molecule has 0 amide bonds. The van der Waals surface area contributed by atoms with Crippen LogP contribution in [0, 0.1) is 10.8 Å². The van der Waals surface area contributed by atoms with Gasteiger partial charge in [-0.25, -0.2) is 0 Å². The summed E-state index contributed by atoms with van der Waals surface area (Å²) in [5, 5.41) is 0. The number of rotatable bonds is 2. The van der Waals surface area contributed by atoms with Crippen LogP contribution in [-0.4, -0.2) is 13.1 Å². The molecule has 2 aliphatic rings. The van der Waals surface area contributed by atoms with Gasteiger partial charge in [-0.3, -0.25) is 0 Å². The van der Waals surface area contributed by atoms with E-state index in [2.05, 4.69) is 0 Å². The largest absolute Gasteiger partial charge is 0.330 e. The molecule has 1 spiro atoms. The van der Waals surface area contributed by atoms with E-state index in [1.807, 2.05) is 0 Å². The summed E-state index contributed by atoms with van der Waals surface area (Å²) in [6, 6.07) is 0. The van der Waals surface area contributed by atoms with Crippen molar-refractivity contribution < 1.29 is 0 Å². The Hall–Kier alpha value is -0.0800. The van der Waals surface area contributed by atoms with E-state index in [0.29, 0.717) is 5.41 Å². The van der Waals surface area contributed by atoms with Crippen molar-refractivity contribution in [1.29, 1.82) is 0 Å². The lowest BCUT2D eigenvalue weighted by molar-refractivity contribution is -0.0856. The first-order chi connectivity index (χ1) is 5.24. The fraction of sp³-hybridized carbons (Fsp3) is 1.00. The molecule has 0 aromatic rings. The normalized spacial score (nSPS) is 31.1. The molecule has 0 aromatic heterocycles. The Morgan fingerprint density at radius 1 is 1.00 bits per heavy atom.